The van der Waals surface area contributed by atoms with Crippen LogP contribution in [0.4, 0.5) is 0 Å². The predicted molar refractivity (Wildman–Crippen MR) is 83.1 cm³/mol. The molecule has 22 heavy (non-hydrogen) atoms. The number of benzene rings is 1. The van der Waals surface area contributed by atoms with Crippen LogP contribution in [0.3, 0.4) is 0 Å². The maximum Gasteiger partial charge on any atom is 0.338 e. The second-order valence-electron chi connectivity index (χ2n) is 5.27. The van der Waals surface area contributed by atoms with Gasteiger partial charge in [-0.3, -0.25) is 14.6 Å². The normalized spacial score (nSPS) is 10.8. The van der Waals surface area contributed by atoms with E-state index in [9.17, 15) is 9.59 Å². The Hall–Kier alpha value is -2.34. The SMILES string of the molecule is COC(=O)c1cc(-c2[nH]n(CCO)c(=O)c2C)c(C)cc1C. The maximum atomic E-state index is 12.1. The number of esters is 1. The average molecular weight is 304 g/mol. The van der Waals surface area contributed by atoms with E-state index in [-0.39, 0.29) is 18.7 Å². The molecule has 118 valence electrons. The number of nitrogens with one attached hydrogen (secondary N) is 1. The second kappa shape index (κ2) is 6.19. The summed E-state index contributed by atoms with van der Waals surface area (Å²) in [6.45, 7) is 5.56. The number of aromatic nitrogens is 2. The molecule has 1 aromatic carbocycles. The lowest BCUT2D eigenvalue weighted by Gasteiger charge is -2.10. The van der Waals surface area contributed by atoms with Gasteiger partial charge in [0.1, 0.15) is 0 Å². The minimum Gasteiger partial charge on any atom is -0.465 e. The fourth-order valence-electron chi connectivity index (χ4n) is 2.55. The highest BCUT2D eigenvalue weighted by Crippen LogP contribution is 2.27. The molecule has 1 aromatic heterocycles. The van der Waals surface area contributed by atoms with Gasteiger partial charge in [0.2, 0.25) is 0 Å². The van der Waals surface area contributed by atoms with E-state index in [2.05, 4.69) is 5.10 Å². The average Bonchev–Trinajstić information content (AvgIpc) is 2.76. The van der Waals surface area contributed by atoms with E-state index in [1.807, 2.05) is 19.9 Å². The first-order valence-corrected chi connectivity index (χ1v) is 7.00. The highest BCUT2D eigenvalue weighted by Gasteiger charge is 2.17. The van der Waals surface area contributed by atoms with Crippen LogP contribution in [0.5, 0.6) is 0 Å². The number of aliphatic hydroxyl groups excluding tert-OH is 1. The van der Waals surface area contributed by atoms with Gasteiger partial charge in [0.25, 0.3) is 5.56 Å². The lowest BCUT2D eigenvalue weighted by molar-refractivity contribution is 0.0600. The second-order valence-corrected chi connectivity index (χ2v) is 5.27. The van der Waals surface area contributed by atoms with Crippen molar-refractivity contribution in [3.05, 3.63) is 44.7 Å². The largest absolute Gasteiger partial charge is 0.465 e. The van der Waals surface area contributed by atoms with Crippen molar-refractivity contribution in [1.82, 2.24) is 9.78 Å². The number of nitrogens with zero attached hydrogens (tertiary/aromatic N) is 1. The fraction of sp³-hybridized carbons (Fsp3) is 0.375. The van der Waals surface area contributed by atoms with Crippen molar-refractivity contribution in [3.8, 4) is 11.3 Å². The predicted octanol–water partition coefficient (Wildman–Crippen LogP) is 1.55. The van der Waals surface area contributed by atoms with Crippen molar-refractivity contribution in [2.45, 2.75) is 27.3 Å². The summed E-state index contributed by atoms with van der Waals surface area (Å²) in [7, 11) is 1.34. The van der Waals surface area contributed by atoms with Crippen molar-refractivity contribution in [3.63, 3.8) is 0 Å². The van der Waals surface area contributed by atoms with Crippen LogP contribution in [0.1, 0.15) is 27.0 Å². The van der Waals surface area contributed by atoms with Gasteiger partial charge in [0.15, 0.2) is 0 Å². The summed E-state index contributed by atoms with van der Waals surface area (Å²) in [5.41, 5.74) is 4.05. The monoisotopic (exact) mass is 304 g/mol. The molecule has 6 nitrogen and oxygen atoms in total. The zero-order valence-corrected chi connectivity index (χ0v) is 13.2. The quantitative estimate of drug-likeness (QED) is 0.839. The summed E-state index contributed by atoms with van der Waals surface area (Å²) < 4.78 is 6.16. The van der Waals surface area contributed by atoms with E-state index in [0.29, 0.717) is 16.8 Å². The Kier molecular flexibility index (Phi) is 4.51. The molecule has 6 heteroatoms. The summed E-state index contributed by atoms with van der Waals surface area (Å²) in [6.07, 6.45) is 0. The molecule has 2 rings (SSSR count). The maximum absolute atomic E-state index is 12.1. The zero-order valence-electron chi connectivity index (χ0n) is 13.2. The van der Waals surface area contributed by atoms with Gasteiger partial charge in [0, 0.05) is 11.1 Å². The highest BCUT2D eigenvalue weighted by molar-refractivity contribution is 5.93. The number of aliphatic hydroxyl groups is 1. The minimum atomic E-state index is -0.409. The summed E-state index contributed by atoms with van der Waals surface area (Å²) in [4.78, 5) is 24.0. The van der Waals surface area contributed by atoms with Crippen LogP contribution >= 0.6 is 0 Å². The number of hydrogen-bond acceptors (Lipinski definition) is 4. The molecule has 0 saturated heterocycles. The Labute approximate surface area is 128 Å². The summed E-state index contributed by atoms with van der Waals surface area (Å²) in [5.74, 6) is -0.409. The molecular weight excluding hydrogens is 284 g/mol. The van der Waals surface area contributed by atoms with Crippen LogP contribution in [0.2, 0.25) is 0 Å². The third kappa shape index (κ3) is 2.69. The van der Waals surface area contributed by atoms with Crippen molar-refractivity contribution in [2.24, 2.45) is 0 Å². The van der Waals surface area contributed by atoms with Gasteiger partial charge in [-0.05, 0) is 38.0 Å². The van der Waals surface area contributed by atoms with E-state index in [4.69, 9.17) is 9.84 Å². The number of aromatic amines is 1. The number of ether oxygens (including phenoxy) is 1. The third-order valence-corrected chi connectivity index (χ3v) is 3.76. The lowest BCUT2D eigenvalue weighted by atomic mass is 9.96. The molecule has 0 radical (unpaired) electrons. The Bertz CT molecular complexity index is 771. The molecule has 0 spiro atoms. The number of H-pyrrole nitrogens is 1. The van der Waals surface area contributed by atoms with Gasteiger partial charge in [-0.2, -0.15) is 0 Å². The number of methoxy groups -OCH3 is 1. The summed E-state index contributed by atoms with van der Waals surface area (Å²) >= 11 is 0. The van der Waals surface area contributed by atoms with Crippen LogP contribution in [0, 0.1) is 20.8 Å². The van der Waals surface area contributed by atoms with E-state index < -0.39 is 5.97 Å². The Balaban J connectivity index is 2.65. The molecule has 2 N–H and O–H groups in total. The molecule has 0 saturated carbocycles. The third-order valence-electron chi connectivity index (χ3n) is 3.76. The lowest BCUT2D eigenvalue weighted by Crippen LogP contribution is -2.19. The topological polar surface area (TPSA) is 84.3 Å². The smallest absolute Gasteiger partial charge is 0.338 e. The van der Waals surface area contributed by atoms with Crippen molar-refractivity contribution in [2.75, 3.05) is 13.7 Å². The Morgan fingerprint density at radius 2 is 1.95 bits per heavy atom. The van der Waals surface area contributed by atoms with Crippen LogP contribution < -0.4 is 5.56 Å². The molecule has 0 aliphatic carbocycles. The first-order valence-electron chi connectivity index (χ1n) is 7.00. The van der Waals surface area contributed by atoms with E-state index in [1.54, 1.807) is 13.0 Å². The molecule has 0 aliphatic heterocycles. The molecule has 0 bridgehead atoms. The minimum absolute atomic E-state index is 0.125. The number of carbonyl (C=O) groups excluding carboxylic acids is 1. The Morgan fingerprint density at radius 1 is 1.27 bits per heavy atom. The molecule has 1 heterocycles. The van der Waals surface area contributed by atoms with Crippen LogP contribution in [-0.2, 0) is 11.3 Å². The Morgan fingerprint density at radius 3 is 2.55 bits per heavy atom. The molecule has 2 aromatic rings. The first-order chi connectivity index (χ1) is 10.4. The number of rotatable bonds is 4. The molecule has 0 unspecified atom stereocenters. The van der Waals surface area contributed by atoms with Gasteiger partial charge in [-0.1, -0.05) is 6.07 Å². The molecular formula is C16H20N2O4. The molecule has 0 aliphatic rings. The van der Waals surface area contributed by atoms with Gasteiger partial charge in [-0.15, -0.1) is 0 Å². The van der Waals surface area contributed by atoms with Crippen LogP contribution in [0.15, 0.2) is 16.9 Å². The number of carbonyl (C=O) groups is 1. The number of aryl methyl sites for hydroxylation is 2. The summed E-state index contributed by atoms with van der Waals surface area (Å²) in [6, 6.07) is 3.63. The first kappa shape index (κ1) is 16.0. The molecule has 0 atom stereocenters. The van der Waals surface area contributed by atoms with Crippen molar-refractivity contribution >= 4 is 5.97 Å². The van der Waals surface area contributed by atoms with Gasteiger partial charge in [-0.25, -0.2) is 4.79 Å². The van der Waals surface area contributed by atoms with E-state index in [1.165, 1.54) is 11.8 Å². The molecule has 0 fully saturated rings. The van der Waals surface area contributed by atoms with Gasteiger partial charge < -0.3 is 9.84 Å². The van der Waals surface area contributed by atoms with Crippen molar-refractivity contribution < 1.29 is 14.6 Å². The van der Waals surface area contributed by atoms with Crippen molar-refractivity contribution in [1.29, 1.82) is 0 Å². The fourth-order valence-corrected chi connectivity index (χ4v) is 2.55. The standard InChI is InChI=1S/C16H20N2O4/c1-9-7-10(2)13(16(21)22-4)8-12(9)14-11(3)15(20)18(17-14)5-6-19/h7-8,17,19H,5-6H2,1-4H3. The van der Waals surface area contributed by atoms with Crippen LogP contribution in [-0.4, -0.2) is 34.6 Å². The summed E-state index contributed by atoms with van der Waals surface area (Å²) in [5, 5.41) is 12.0. The number of hydrogen-bond donors (Lipinski definition) is 2. The highest BCUT2D eigenvalue weighted by atomic mass is 16.5. The van der Waals surface area contributed by atoms with Gasteiger partial charge >= 0.3 is 5.97 Å². The van der Waals surface area contributed by atoms with Crippen LogP contribution in [0.25, 0.3) is 11.3 Å². The van der Waals surface area contributed by atoms with E-state index in [0.717, 1.165) is 16.7 Å². The zero-order chi connectivity index (χ0) is 16.4. The van der Waals surface area contributed by atoms with Gasteiger partial charge in [0.05, 0.1) is 31.5 Å². The molecule has 0 amide bonds. The van der Waals surface area contributed by atoms with E-state index >= 15 is 0 Å².